The van der Waals surface area contributed by atoms with Crippen LogP contribution in [0.1, 0.15) is 0 Å². The third kappa shape index (κ3) is 137. The molecular formula is C3H9NO5S. The fourth-order valence-corrected chi connectivity index (χ4v) is 0.0680. The van der Waals surface area contributed by atoms with Gasteiger partial charge in [-0.1, -0.05) is 6.08 Å². The van der Waals surface area contributed by atoms with Crippen LogP contribution in [0.2, 0.25) is 0 Å². The summed E-state index contributed by atoms with van der Waals surface area (Å²) in [4.78, 5) is 4.07. The van der Waals surface area contributed by atoms with Crippen molar-refractivity contribution in [2.75, 3.05) is 6.61 Å². The third-order valence-electron chi connectivity index (χ3n) is 0.214. The van der Waals surface area contributed by atoms with Crippen LogP contribution in [0, 0.1) is 0 Å². The van der Waals surface area contributed by atoms with Crippen molar-refractivity contribution >= 4 is 10.4 Å². The fourth-order valence-electron chi connectivity index (χ4n) is 0.0680. The SMILES string of the molecule is C=CCON.O=S(=O)(O)O. The smallest absolute Gasteiger partial charge is 0.300 e. The van der Waals surface area contributed by atoms with Gasteiger partial charge in [0.15, 0.2) is 0 Å². The van der Waals surface area contributed by atoms with Crippen molar-refractivity contribution in [1.82, 2.24) is 0 Å². The molecule has 0 heterocycles. The van der Waals surface area contributed by atoms with Crippen LogP contribution in [-0.4, -0.2) is 24.1 Å². The van der Waals surface area contributed by atoms with Crippen LogP contribution < -0.4 is 5.90 Å². The largest absolute Gasteiger partial charge is 0.394 e. The van der Waals surface area contributed by atoms with Crippen molar-refractivity contribution in [2.24, 2.45) is 5.90 Å². The fraction of sp³-hybridized carbons (Fsp3) is 0.333. The van der Waals surface area contributed by atoms with Gasteiger partial charge >= 0.3 is 10.4 Å². The molecule has 0 aromatic carbocycles. The standard InChI is InChI=1S/C3H7NO.H2O4S/c1-2-3-5-4;1-5(2,3)4/h2H,1,3-4H2;(H2,1,2,3,4). The van der Waals surface area contributed by atoms with Gasteiger partial charge in [0.2, 0.25) is 0 Å². The Balaban J connectivity index is 0. The first-order valence-corrected chi connectivity index (χ1v) is 3.44. The lowest BCUT2D eigenvalue weighted by Crippen LogP contribution is -1.96. The zero-order chi connectivity index (χ0) is 8.62. The minimum Gasteiger partial charge on any atom is -0.300 e. The molecule has 0 unspecified atom stereocenters. The Morgan fingerprint density at radius 3 is 1.90 bits per heavy atom. The lowest BCUT2D eigenvalue weighted by molar-refractivity contribution is 0.168. The minimum absolute atomic E-state index is 0.431. The van der Waals surface area contributed by atoms with Crippen molar-refractivity contribution in [1.29, 1.82) is 0 Å². The molecule has 0 aliphatic heterocycles. The van der Waals surface area contributed by atoms with E-state index in [-0.39, 0.29) is 0 Å². The Labute approximate surface area is 58.8 Å². The molecule has 0 radical (unpaired) electrons. The van der Waals surface area contributed by atoms with E-state index in [0.717, 1.165) is 0 Å². The first-order valence-electron chi connectivity index (χ1n) is 2.04. The molecule has 0 spiro atoms. The highest BCUT2D eigenvalue weighted by atomic mass is 32.3. The molecule has 0 aliphatic rings. The van der Waals surface area contributed by atoms with E-state index in [1.807, 2.05) is 0 Å². The van der Waals surface area contributed by atoms with Crippen LogP contribution in [0.5, 0.6) is 0 Å². The molecule has 0 saturated carbocycles. The highest BCUT2D eigenvalue weighted by molar-refractivity contribution is 7.79. The predicted molar refractivity (Wildman–Crippen MR) is 34.5 cm³/mol. The molecule has 0 atom stereocenters. The van der Waals surface area contributed by atoms with Crippen molar-refractivity contribution in [3.63, 3.8) is 0 Å². The molecule has 0 amide bonds. The summed E-state index contributed by atoms with van der Waals surface area (Å²) in [7, 11) is -4.67. The van der Waals surface area contributed by atoms with Gasteiger partial charge in [-0.15, -0.1) is 6.58 Å². The first-order chi connectivity index (χ1) is 4.41. The summed E-state index contributed by atoms with van der Waals surface area (Å²) >= 11 is 0. The van der Waals surface area contributed by atoms with Gasteiger partial charge in [0.05, 0.1) is 6.61 Å². The number of rotatable bonds is 2. The van der Waals surface area contributed by atoms with E-state index < -0.39 is 10.4 Å². The molecular weight excluding hydrogens is 162 g/mol. The molecule has 4 N–H and O–H groups in total. The maximum atomic E-state index is 8.74. The summed E-state index contributed by atoms with van der Waals surface area (Å²) in [5.41, 5.74) is 0. The molecule has 0 bridgehead atoms. The summed E-state index contributed by atoms with van der Waals surface area (Å²) < 4.78 is 31.6. The van der Waals surface area contributed by atoms with E-state index in [1.165, 1.54) is 0 Å². The molecule has 0 fully saturated rings. The Morgan fingerprint density at radius 2 is 1.90 bits per heavy atom. The highest BCUT2D eigenvalue weighted by Crippen LogP contribution is 1.59. The van der Waals surface area contributed by atoms with Crippen LogP contribution in [0.4, 0.5) is 0 Å². The molecule has 0 aliphatic carbocycles. The van der Waals surface area contributed by atoms with Crippen LogP contribution >= 0.6 is 0 Å². The predicted octanol–water partition coefficient (Wildman–Crippen LogP) is -0.590. The molecule has 7 heteroatoms. The topological polar surface area (TPSA) is 110 Å². The Bertz CT molecular complexity index is 154. The highest BCUT2D eigenvalue weighted by Gasteiger charge is 1.84. The second-order valence-corrected chi connectivity index (χ2v) is 1.97. The van der Waals surface area contributed by atoms with Gasteiger partial charge in [0.1, 0.15) is 0 Å². The monoisotopic (exact) mass is 171 g/mol. The second-order valence-electron chi connectivity index (χ2n) is 1.07. The van der Waals surface area contributed by atoms with Gasteiger partial charge in [-0.3, -0.25) is 9.11 Å². The zero-order valence-electron chi connectivity index (χ0n) is 5.10. The molecule has 62 valence electrons. The third-order valence-corrected chi connectivity index (χ3v) is 0.214. The molecule has 6 nitrogen and oxygen atoms in total. The summed E-state index contributed by atoms with van der Waals surface area (Å²) in [5, 5.41) is 0. The van der Waals surface area contributed by atoms with Crippen LogP contribution in [-0.2, 0) is 15.2 Å². The molecule has 0 aromatic heterocycles. The number of hydrogen-bond donors (Lipinski definition) is 3. The quantitative estimate of drug-likeness (QED) is 0.291. The molecule has 0 saturated heterocycles. The maximum Gasteiger partial charge on any atom is 0.394 e. The van der Waals surface area contributed by atoms with Gasteiger partial charge in [-0.05, 0) is 0 Å². The van der Waals surface area contributed by atoms with Crippen molar-refractivity contribution in [3.8, 4) is 0 Å². The Kier molecular flexibility index (Phi) is 8.13. The Morgan fingerprint density at radius 1 is 1.60 bits per heavy atom. The molecule has 0 aromatic rings. The summed E-state index contributed by atoms with van der Waals surface area (Å²) in [6.07, 6.45) is 1.58. The van der Waals surface area contributed by atoms with Crippen molar-refractivity contribution in [2.45, 2.75) is 0 Å². The molecule has 0 rings (SSSR count). The van der Waals surface area contributed by atoms with Crippen LogP contribution in [0.3, 0.4) is 0 Å². The Hall–Kier alpha value is -0.470. The van der Waals surface area contributed by atoms with E-state index in [2.05, 4.69) is 17.3 Å². The van der Waals surface area contributed by atoms with Gasteiger partial charge in [0, 0.05) is 0 Å². The van der Waals surface area contributed by atoms with E-state index in [9.17, 15) is 0 Å². The average Bonchev–Trinajstić information content (AvgIpc) is 1.63. The van der Waals surface area contributed by atoms with Gasteiger partial charge in [-0.25, -0.2) is 5.90 Å². The normalized spacial score (nSPS) is 9.50. The summed E-state index contributed by atoms with van der Waals surface area (Å²) in [5.74, 6) is 4.57. The summed E-state index contributed by atoms with van der Waals surface area (Å²) in [6, 6.07) is 0. The van der Waals surface area contributed by atoms with Crippen LogP contribution in [0.15, 0.2) is 12.7 Å². The lowest BCUT2D eigenvalue weighted by Gasteiger charge is -1.79. The van der Waals surface area contributed by atoms with E-state index in [0.29, 0.717) is 6.61 Å². The first kappa shape index (κ1) is 12.2. The van der Waals surface area contributed by atoms with E-state index in [4.69, 9.17) is 17.5 Å². The van der Waals surface area contributed by atoms with E-state index in [1.54, 1.807) is 6.08 Å². The maximum absolute atomic E-state index is 8.74. The number of hydrogen-bond acceptors (Lipinski definition) is 4. The number of nitrogens with two attached hydrogens (primary N) is 1. The van der Waals surface area contributed by atoms with Gasteiger partial charge in [-0.2, -0.15) is 8.42 Å². The summed E-state index contributed by atoms with van der Waals surface area (Å²) in [6.45, 7) is 3.78. The van der Waals surface area contributed by atoms with Crippen molar-refractivity contribution in [3.05, 3.63) is 12.7 Å². The second kappa shape index (κ2) is 6.65. The lowest BCUT2D eigenvalue weighted by atomic mass is 10.7. The van der Waals surface area contributed by atoms with Gasteiger partial charge < -0.3 is 4.84 Å². The zero-order valence-corrected chi connectivity index (χ0v) is 5.91. The minimum atomic E-state index is -4.67. The molecule has 10 heavy (non-hydrogen) atoms. The van der Waals surface area contributed by atoms with Crippen LogP contribution in [0.25, 0.3) is 0 Å². The van der Waals surface area contributed by atoms with Gasteiger partial charge in [0.25, 0.3) is 0 Å². The average molecular weight is 171 g/mol. The van der Waals surface area contributed by atoms with E-state index >= 15 is 0 Å². The van der Waals surface area contributed by atoms with Crippen molar-refractivity contribution < 1.29 is 22.4 Å².